The van der Waals surface area contributed by atoms with Crippen LogP contribution in [-0.2, 0) is 28.8 Å². The van der Waals surface area contributed by atoms with Crippen molar-refractivity contribution in [3.63, 3.8) is 0 Å². The van der Waals surface area contributed by atoms with Crippen molar-refractivity contribution in [3.05, 3.63) is 279 Å². The smallest absolute Gasteiger partial charge is 0.261 e. The average molecular weight is 1470 g/mol. The maximum absolute atomic E-state index is 12.9. The third-order valence-corrected chi connectivity index (χ3v) is 22.2. The second-order valence-electron chi connectivity index (χ2n) is 26.9. The second kappa shape index (κ2) is 27.2. The molecule has 0 saturated heterocycles. The van der Waals surface area contributed by atoms with Crippen molar-refractivity contribution >= 4 is 127 Å². The van der Waals surface area contributed by atoms with Gasteiger partial charge >= 0.3 is 0 Å². The van der Waals surface area contributed by atoms with Crippen LogP contribution in [0.3, 0.4) is 0 Å². The van der Waals surface area contributed by atoms with Gasteiger partial charge in [0.05, 0.1) is 11.8 Å². The van der Waals surface area contributed by atoms with Crippen LogP contribution in [0, 0.1) is 11.8 Å². The molecule has 4 unspecified atom stereocenters. The predicted molar refractivity (Wildman–Crippen MR) is 415 cm³/mol. The van der Waals surface area contributed by atoms with Crippen molar-refractivity contribution in [1.82, 2.24) is 34.3 Å². The van der Waals surface area contributed by atoms with Crippen molar-refractivity contribution in [3.8, 4) is 0 Å². The summed E-state index contributed by atoms with van der Waals surface area (Å²) in [4.78, 5) is 184. The quantitative estimate of drug-likeness (QED) is 0.129. The van der Waals surface area contributed by atoms with E-state index in [4.69, 9.17) is 0 Å². The topological polar surface area (TPSA) is 262 Å². The zero-order valence-corrected chi connectivity index (χ0v) is 61.2. The maximum atomic E-state index is 12.9. The lowest BCUT2D eigenvalue weighted by Crippen LogP contribution is -2.51. The van der Waals surface area contributed by atoms with Crippen LogP contribution in [0.25, 0.3) is 43.8 Å². The summed E-state index contributed by atoms with van der Waals surface area (Å²) in [5, 5.41) is 6.24. The number of amides is 14. The second-order valence-corrected chi connectivity index (χ2v) is 26.9. The number of likely N-dealkylation sites (N-methyl/N-ethyl adjacent to an activating group) is 4. The Morgan fingerprint density at radius 1 is 0.282 bits per heavy atom. The Kier molecular flexibility index (Phi) is 18.5. The Labute approximate surface area is 633 Å². The van der Waals surface area contributed by atoms with E-state index < -0.39 is 35.5 Å². The number of fused-ring (bicyclic) bond motifs is 2. The van der Waals surface area contributed by atoms with E-state index in [1.54, 1.807) is 48.6 Å². The highest BCUT2D eigenvalue weighted by atomic mass is 16.2. The summed E-state index contributed by atoms with van der Waals surface area (Å²) in [6.07, 6.45) is 22.6. The van der Waals surface area contributed by atoms with E-state index in [9.17, 15) is 67.1 Å². The number of hydrogen-bond acceptors (Lipinski definition) is 14. The fraction of sp³-hybridized carbons (Fsp3) is 0.213. The van der Waals surface area contributed by atoms with Crippen LogP contribution in [-0.4, -0.2) is 166 Å². The van der Waals surface area contributed by atoms with Gasteiger partial charge in [-0.05, 0) is 155 Å². The molecule has 110 heavy (non-hydrogen) atoms. The monoisotopic (exact) mass is 1470 g/mol. The van der Waals surface area contributed by atoms with Crippen LogP contribution < -0.4 is 20.9 Å². The SMILES string of the molecule is C.C.CC.CC.CC.CN1C(=O)C2=CC=C3C4=c5c6c(ccc5=C5C=CC(=C2C35)C1=O)C(=O)N(C)C(=O)C6C=C4.CN1C(=O)C2=CC=C3C4=c5c6c(ccc5=C5C=CC(=C2C35)C1=O)C(=O)N(C)C(=O)C6C=C4.CN1C(=O)c2ccc3c4c(ccc(c24)C1=O)C(=O)N(C)C3=O.CN1C(=O)c2cccc3cccc(c23)C1=O. The van der Waals surface area contributed by atoms with Gasteiger partial charge < -0.3 is 0 Å². The minimum atomic E-state index is -0.493. The first kappa shape index (κ1) is 75.0. The highest BCUT2D eigenvalue weighted by molar-refractivity contribution is 6.33. The molecule has 0 aromatic heterocycles. The van der Waals surface area contributed by atoms with Crippen LogP contribution in [0.4, 0.5) is 0 Å². The fourth-order valence-electron chi connectivity index (χ4n) is 17.1. The van der Waals surface area contributed by atoms with Crippen LogP contribution >= 0.6 is 0 Å². The molecule has 0 saturated carbocycles. The zero-order valence-electron chi connectivity index (χ0n) is 61.2. The molecule has 0 bridgehead atoms. The molecule has 14 amide bonds. The molecule has 15 aliphatic rings. The van der Waals surface area contributed by atoms with E-state index in [0.29, 0.717) is 77.6 Å². The van der Waals surface area contributed by atoms with Crippen LogP contribution in [0.1, 0.15) is 162 Å². The van der Waals surface area contributed by atoms with E-state index in [1.165, 1.54) is 83.4 Å². The highest BCUT2D eigenvalue weighted by Gasteiger charge is 2.49. The largest absolute Gasteiger partial charge is 0.281 e. The van der Waals surface area contributed by atoms with Gasteiger partial charge in [0.15, 0.2) is 0 Å². The number of allylic oxidation sites excluding steroid dienone is 10. The van der Waals surface area contributed by atoms with Crippen molar-refractivity contribution in [2.75, 3.05) is 49.3 Å². The third kappa shape index (κ3) is 9.98. The molecule has 6 aromatic rings. The minimum Gasteiger partial charge on any atom is -0.281 e. The van der Waals surface area contributed by atoms with E-state index >= 15 is 0 Å². The number of carbonyl (C=O) groups excluding carboxylic acids is 14. The molecule has 0 N–H and O–H groups in total. The van der Waals surface area contributed by atoms with Gasteiger partial charge in [-0.1, -0.05) is 141 Å². The van der Waals surface area contributed by atoms with Gasteiger partial charge in [0, 0.05) is 144 Å². The van der Waals surface area contributed by atoms with Crippen molar-refractivity contribution in [2.24, 2.45) is 11.8 Å². The molecule has 0 fully saturated rings. The lowest BCUT2D eigenvalue weighted by Gasteiger charge is -2.41. The highest BCUT2D eigenvalue weighted by Crippen LogP contribution is 2.52. The maximum Gasteiger partial charge on any atom is 0.261 e. The molecular formula is C89H77N7O14. The molecule has 6 aromatic carbocycles. The van der Waals surface area contributed by atoms with Gasteiger partial charge in [-0.3, -0.25) is 101 Å². The van der Waals surface area contributed by atoms with Crippen LogP contribution in [0.2, 0.25) is 0 Å². The molecule has 21 nitrogen and oxygen atoms in total. The first-order chi connectivity index (χ1) is 51.9. The van der Waals surface area contributed by atoms with Gasteiger partial charge in [-0.25, -0.2) is 0 Å². The Balaban J connectivity index is 0.000000129. The number of nitrogens with zero attached hydrogens (tertiary/aromatic N) is 7. The fourth-order valence-corrected chi connectivity index (χ4v) is 17.1. The number of imide groups is 7. The summed E-state index contributed by atoms with van der Waals surface area (Å²) in [7, 11) is 10.4. The Bertz CT molecular complexity index is 5740. The Hall–Kier alpha value is -13.3. The molecule has 21 heteroatoms. The minimum absolute atomic E-state index is 0. The van der Waals surface area contributed by atoms with Gasteiger partial charge in [-0.2, -0.15) is 0 Å². The Morgan fingerprint density at radius 3 is 0.918 bits per heavy atom. The van der Waals surface area contributed by atoms with E-state index in [0.717, 1.165) is 112 Å². The molecule has 21 rings (SSSR count). The van der Waals surface area contributed by atoms with E-state index in [2.05, 4.69) is 0 Å². The summed E-state index contributed by atoms with van der Waals surface area (Å²) < 4.78 is 0. The molecular weight excluding hydrogens is 1390 g/mol. The van der Waals surface area contributed by atoms with Gasteiger partial charge in [-0.15, -0.1) is 0 Å². The van der Waals surface area contributed by atoms with Crippen molar-refractivity contribution in [1.29, 1.82) is 0 Å². The summed E-state index contributed by atoms with van der Waals surface area (Å²) in [6, 6.07) is 24.6. The Morgan fingerprint density at radius 2 is 0.582 bits per heavy atom. The normalized spacial score (nSPS) is 21.0. The van der Waals surface area contributed by atoms with Gasteiger partial charge in [0.25, 0.3) is 70.9 Å². The summed E-state index contributed by atoms with van der Waals surface area (Å²) in [5.41, 5.74) is 14.7. The van der Waals surface area contributed by atoms with Gasteiger partial charge in [0.1, 0.15) is 0 Å². The number of benzene rings is 6. The van der Waals surface area contributed by atoms with Crippen molar-refractivity contribution < 1.29 is 67.1 Å². The molecule has 0 radical (unpaired) electrons. The van der Waals surface area contributed by atoms with Crippen LogP contribution in [0.5, 0.6) is 0 Å². The number of hydrogen-bond donors (Lipinski definition) is 0. The molecule has 0 spiro atoms. The lowest BCUT2D eigenvalue weighted by molar-refractivity contribution is -0.140. The molecule has 8 aliphatic carbocycles. The van der Waals surface area contributed by atoms with Gasteiger partial charge in [0.2, 0.25) is 11.8 Å². The predicted octanol–water partition coefficient (Wildman–Crippen LogP) is 8.94. The average Bonchev–Trinajstić information content (AvgIpc) is 0.695. The molecule has 4 atom stereocenters. The summed E-state index contributed by atoms with van der Waals surface area (Å²) in [5.74, 6) is -5.82. The zero-order chi connectivity index (χ0) is 77.1. The third-order valence-electron chi connectivity index (χ3n) is 22.2. The molecule has 552 valence electrons. The number of carbonyl (C=O) groups is 14. The first-order valence-electron chi connectivity index (χ1n) is 35.7. The standard InChI is InChI=1S/2C26H16N2O4.C16H10N2O4.C13H9NO2.3C2H6.2CH4/c2*1-27-23(29)15-7-3-11-13-5-9-17-22-18(26(32)28(2)25(17)31)10-6-14(20(13)22)12-4-8-16(24(27)30)21(15)19(11)12;1-17-13(19)7-3-5-9-12-10(16(22)18(2)15(9)21)6-4-8(11(7)12)14(17)20;1-14-12(15)9-6-2-4-8-5-3-7-10(11(8)9)13(14)16;3*1-2;;/h2*3-10,15,20H,1-2H3;3-6H,1-2H3;2-7H,1H3;3*1-2H3;2*1H4. The number of rotatable bonds is 0. The summed E-state index contributed by atoms with van der Waals surface area (Å²) in [6.45, 7) is 12.0. The van der Waals surface area contributed by atoms with E-state index in [-0.39, 0.29) is 85.8 Å². The van der Waals surface area contributed by atoms with Crippen molar-refractivity contribution in [2.45, 2.75) is 68.2 Å². The molecule has 7 heterocycles. The molecule has 7 aliphatic heterocycles. The van der Waals surface area contributed by atoms with Crippen LogP contribution in [0.15, 0.2) is 202 Å². The lowest BCUT2D eigenvalue weighted by atomic mass is 9.65. The first-order valence-corrected chi connectivity index (χ1v) is 35.7. The van der Waals surface area contributed by atoms with E-state index in [1.807, 2.05) is 127 Å². The summed E-state index contributed by atoms with van der Waals surface area (Å²) >= 11 is 0.